The van der Waals surface area contributed by atoms with Crippen LogP contribution in [0.1, 0.15) is 11.4 Å². The summed E-state index contributed by atoms with van der Waals surface area (Å²) >= 11 is 1.40. The minimum absolute atomic E-state index is 0.237. The lowest BCUT2D eigenvalue weighted by Gasteiger charge is -1.98. The van der Waals surface area contributed by atoms with E-state index in [1.54, 1.807) is 12.3 Å². The standard InChI is InChI=1S/C15H12N4OS/c1-10-9-21-15(17-10)19-14(20)7-6-11-8-16-12-4-2-3-5-13(12)18-11/h2-9H,1H3,(H,17,19,20). The fourth-order valence-corrected chi connectivity index (χ4v) is 2.46. The van der Waals surface area contributed by atoms with Crippen LogP contribution >= 0.6 is 11.3 Å². The number of carbonyl (C=O) groups is 1. The number of para-hydroxylation sites is 2. The number of thiazole rings is 1. The number of nitrogens with one attached hydrogen (secondary N) is 1. The molecule has 3 aromatic rings. The van der Waals surface area contributed by atoms with Crippen molar-refractivity contribution in [1.29, 1.82) is 0 Å². The number of carbonyl (C=O) groups excluding carboxylic acids is 1. The number of hydrogen-bond acceptors (Lipinski definition) is 5. The molecule has 0 saturated heterocycles. The minimum Gasteiger partial charge on any atom is -0.298 e. The van der Waals surface area contributed by atoms with Crippen LogP contribution in [0.5, 0.6) is 0 Å². The summed E-state index contributed by atoms with van der Waals surface area (Å²) in [6, 6.07) is 7.60. The van der Waals surface area contributed by atoms with Crippen molar-refractivity contribution in [2.75, 3.05) is 5.32 Å². The van der Waals surface area contributed by atoms with Crippen LogP contribution in [-0.2, 0) is 4.79 Å². The summed E-state index contributed by atoms with van der Waals surface area (Å²) in [6.07, 6.45) is 4.70. The maximum Gasteiger partial charge on any atom is 0.250 e. The van der Waals surface area contributed by atoms with Gasteiger partial charge < -0.3 is 0 Å². The molecule has 0 aliphatic rings. The normalized spacial score (nSPS) is 11.1. The number of anilines is 1. The van der Waals surface area contributed by atoms with Crippen molar-refractivity contribution in [3.63, 3.8) is 0 Å². The van der Waals surface area contributed by atoms with Gasteiger partial charge in [-0.1, -0.05) is 12.1 Å². The Morgan fingerprint density at radius 2 is 2.05 bits per heavy atom. The minimum atomic E-state index is -0.237. The quantitative estimate of drug-likeness (QED) is 0.754. The molecule has 2 aromatic heterocycles. The summed E-state index contributed by atoms with van der Waals surface area (Å²) in [7, 11) is 0. The van der Waals surface area contributed by atoms with Crippen LogP contribution in [0.15, 0.2) is 41.9 Å². The number of benzene rings is 1. The fourth-order valence-electron chi connectivity index (χ4n) is 1.77. The monoisotopic (exact) mass is 296 g/mol. The van der Waals surface area contributed by atoms with Crippen molar-refractivity contribution in [1.82, 2.24) is 15.0 Å². The molecule has 0 atom stereocenters. The Kier molecular flexibility index (Phi) is 3.70. The van der Waals surface area contributed by atoms with Crippen LogP contribution in [0.2, 0.25) is 0 Å². The number of nitrogens with zero attached hydrogens (tertiary/aromatic N) is 3. The molecule has 3 rings (SSSR count). The molecule has 0 fully saturated rings. The van der Waals surface area contributed by atoms with E-state index in [0.29, 0.717) is 10.8 Å². The van der Waals surface area contributed by atoms with Crippen LogP contribution in [0.25, 0.3) is 17.1 Å². The van der Waals surface area contributed by atoms with Gasteiger partial charge in [0, 0.05) is 11.5 Å². The van der Waals surface area contributed by atoms with E-state index in [1.165, 1.54) is 17.4 Å². The lowest BCUT2D eigenvalue weighted by Crippen LogP contribution is -2.07. The highest BCUT2D eigenvalue weighted by molar-refractivity contribution is 7.13. The molecule has 0 spiro atoms. The molecule has 0 bridgehead atoms. The Bertz CT molecular complexity index is 825. The predicted octanol–water partition coefficient (Wildman–Crippen LogP) is 3.05. The van der Waals surface area contributed by atoms with E-state index in [-0.39, 0.29) is 5.91 Å². The molecule has 1 aromatic carbocycles. The second-order valence-electron chi connectivity index (χ2n) is 4.40. The number of amides is 1. The Labute approximate surface area is 125 Å². The Hall–Kier alpha value is -2.60. The van der Waals surface area contributed by atoms with Crippen LogP contribution in [0.4, 0.5) is 5.13 Å². The maximum absolute atomic E-state index is 11.8. The molecule has 1 amide bonds. The van der Waals surface area contributed by atoms with Crippen molar-refractivity contribution in [2.24, 2.45) is 0 Å². The average molecular weight is 296 g/mol. The summed E-state index contributed by atoms with van der Waals surface area (Å²) in [5.74, 6) is -0.237. The highest BCUT2D eigenvalue weighted by atomic mass is 32.1. The number of rotatable bonds is 3. The molecule has 0 radical (unpaired) electrons. The van der Waals surface area contributed by atoms with E-state index in [9.17, 15) is 4.79 Å². The first kappa shape index (κ1) is 13.4. The average Bonchev–Trinajstić information content (AvgIpc) is 2.90. The molecular weight excluding hydrogens is 284 g/mol. The van der Waals surface area contributed by atoms with Crippen LogP contribution in [0, 0.1) is 6.92 Å². The molecule has 0 unspecified atom stereocenters. The summed E-state index contributed by atoms with van der Waals surface area (Å²) in [6.45, 7) is 1.88. The zero-order valence-electron chi connectivity index (χ0n) is 11.3. The molecule has 2 heterocycles. The van der Waals surface area contributed by atoms with Crippen molar-refractivity contribution in [2.45, 2.75) is 6.92 Å². The van der Waals surface area contributed by atoms with Gasteiger partial charge in [0.05, 0.1) is 28.6 Å². The molecule has 1 N–H and O–H groups in total. The smallest absolute Gasteiger partial charge is 0.250 e. The molecule has 0 aliphatic heterocycles. The largest absolute Gasteiger partial charge is 0.298 e. The van der Waals surface area contributed by atoms with Gasteiger partial charge in [-0.15, -0.1) is 11.3 Å². The Morgan fingerprint density at radius 1 is 1.24 bits per heavy atom. The highest BCUT2D eigenvalue weighted by Gasteiger charge is 2.02. The van der Waals surface area contributed by atoms with Crippen molar-refractivity contribution < 1.29 is 4.79 Å². The molecular formula is C15H12N4OS. The summed E-state index contributed by atoms with van der Waals surface area (Å²) in [5, 5.41) is 5.18. The van der Waals surface area contributed by atoms with Gasteiger partial charge in [0.15, 0.2) is 5.13 Å². The van der Waals surface area contributed by atoms with Crippen LogP contribution in [0.3, 0.4) is 0 Å². The first-order valence-corrected chi connectivity index (χ1v) is 7.22. The summed E-state index contributed by atoms with van der Waals surface area (Å²) in [4.78, 5) is 24.7. The van der Waals surface area contributed by atoms with Gasteiger partial charge in [-0.25, -0.2) is 9.97 Å². The number of aryl methyl sites for hydroxylation is 1. The van der Waals surface area contributed by atoms with E-state index in [2.05, 4.69) is 20.3 Å². The van der Waals surface area contributed by atoms with E-state index in [0.717, 1.165) is 16.7 Å². The van der Waals surface area contributed by atoms with Crippen molar-refractivity contribution in [3.05, 3.63) is 53.3 Å². The van der Waals surface area contributed by atoms with E-state index >= 15 is 0 Å². The molecule has 0 saturated carbocycles. The molecule has 6 heteroatoms. The van der Waals surface area contributed by atoms with E-state index in [1.807, 2.05) is 36.6 Å². The number of fused-ring (bicyclic) bond motifs is 1. The fraction of sp³-hybridized carbons (Fsp3) is 0.0667. The first-order valence-electron chi connectivity index (χ1n) is 6.34. The third-order valence-corrected chi connectivity index (χ3v) is 3.60. The number of hydrogen-bond donors (Lipinski definition) is 1. The first-order chi connectivity index (χ1) is 10.2. The van der Waals surface area contributed by atoms with Gasteiger partial charge in [0.1, 0.15) is 0 Å². The summed E-state index contributed by atoms with van der Waals surface area (Å²) < 4.78 is 0. The zero-order valence-corrected chi connectivity index (χ0v) is 12.1. The third-order valence-electron chi connectivity index (χ3n) is 2.72. The summed E-state index contributed by atoms with van der Waals surface area (Å²) in [5.41, 5.74) is 3.16. The Morgan fingerprint density at radius 3 is 2.81 bits per heavy atom. The van der Waals surface area contributed by atoms with Gasteiger partial charge in [0.2, 0.25) is 5.91 Å². The van der Waals surface area contributed by atoms with Gasteiger partial charge in [-0.3, -0.25) is 15.1 Å². The van der Waals surface area contributed by atoms with Gasteiger partial charge in [-0.05, 0) is 25.1 Å². The second-order valence-corrected chi connectivity index (χ2v) is 5.26. The topological polar surface area (TPSA) is 67.8 Å². The highest BCUT2D eigenvalue weighted by Crippen LogP contribution is 2.14. The van der Waals surface area contributed by atoms with E-state index in [4.69, 9.17) is 0 Å². The predicted molar refractivity (Wildman–Crippen MR) is 84.1 cm³/mol. The maximum atomic E-state index is 11.8. The van der Waals surface area contributed by atoms with Gasteiger partial charge >= 0.3 is 0 Å². The molecule has 21 heavy (non-hydrogen) atoms. The van der Waals surface area contributed by atoms with E-state index < -0.39 is 0 Å². The third kappa shape index (κ3) is 3.29. The molecule has 5 nitrogen and oxygen atoms in total. The second kappa shape index (κ2) is 5.80. The lowest BCUT2D eigenvalue weighted by molar-refractivity contribution is -0.111. The van der Waals surface area contributed by atoms with Crippen LogP contribution in [-0.4, -0.2) is 20.9 Å². The molecule has 0 aliphatic carbocycles. The van der Waals surface area contributed by atoms with Gasteiger partial charge in [0.25, 0.3) is 0 Å². The number of aromatic nitrogens is 3. The Balaban J connectivity index is 1.73. The van der Waals surface area contributed by atoms with Gasteiger partial charge in [-0.2, -0.15) is 0 Å². The van der Waals surface area contributed by atoms with Crippen LogP contribution < -0.4 is 5.32 Å². The lowest BCUT2D eigenvalue weighted by atomic mass is 10.3. The SMILES string of the molecule is Cc1csc(NC(=O)C=Cc2cnc3ccccc3n2)n1. The van der Waals surface area contributed by atoms with Crippen molar-refractivity contribution >= 4 is 39.5 Å². The van der Waals surface area contributed by atoms with Crippen molar-refractivity contribution in [3.8, 4) is 0 Å². The molecule has 104 valence electrons. The zero-order chi connectivity index (χ0) is 14.7.